The number of anilines is 1. The van der Waals surface area contributed by atoms with E-state index in [1.165, 1.54) is 7.11 Å². The fraction of sp³-hybridized carbons (Fsp3) is 0.350. The predicted octanol–water partition coefficient (Wildman–Crippen LogP) is 2.22. The maximum atomic E-state index is 12.2. The molecule has 0 unspecified atom stereocenters. The molecule has 2 rings (SSSR count). The number of carbonyl (C=O) groups is 1. The van der Waals surface area contributed by atoms with Crippen molar-refractivity contribution in [2.24, 2.45) is 0 Å². The first-order valence-electron chi connectivity index (χ1n) is 8.85. The largest absolute Gasteiger partial charge is 0.497 e. The van der Waals surface area contributed by atoms with E-state index in [1.807, 2.05) is 24.3 Å². The van der Waals surface area contributed by atoms with E-state index in [0.717, 1.165) is 34.7 Å². The maximum absolute atomic E-state index is 12.2. The minimum Gasteiger partial charge on any atom is -0.497 e. The van der Waals surface area contributed by atoms with Crippen LogP contribution in [0.2, 0.25) is 0 Å². The summed E-state index contributed by atoms with van der Waals surface area (Å²) in [5, 5.41) is 2.78. The Labute approximate surface area is 166 Å². The van der Waals surface area contributed by atoms with Gasteiger partial charge in [-0.15, -0.1) is 0 Å². The molecule has 8 heteroatoms. The van der Waals surface area contributed by atoms with E-state index >= 15 is 0 Å². The smallest absolute Gasteiger partial charge is 0.240 e. The van der Waals surface area contributed by atoms with Crippen molar-refractivity contribution < 1.29 is 22.7 Å². The molecule has 0 saturated heterocycles. The lowest BCUT2D eigenvalue weighted by Crippen LogP contribution is -2.40. The molecule has 28 heavy (non-hydrogen) atoms. The third-order valence-electron chi connectivity index (χ3n) is 4.17. The zero-order chi connectivity index (χ0) is 20.6. The highest BCUT2D eigenvalue weighted by molar-refractivity contribution is 7.92. The summed E-state index contributed by atoms with van der Waals surface area (Å²) in [4.78, 5) is 12.2. The van der Waals surface area contributed by atoms with E-state index in [0.29, 0.717) is 18.0 Å². The summed E-state index contributed by atoms with van der Waals surface area (Å²) in [6.07, 6.45) is 2.63. The zero-order valence-electron chi connectivity index (χ0n) is 16.3. The average molecular weight is 407 g/mol. The molecular formula is C20H26N2O5S. The third kappa shape index (κ3) is 6.45. The van der Waals surface area contributed by atoms with Gasteiger partial charge in [0, 0.05) is 6.54 Å². The molecule has 0 spiro atoms. The lowest BCUT2D eigenvalue weighted by Gasteiger charge is -2.22. The van der Waals surface area contributed by atoms with Gasteiger partial charge in [-0.2, -0.15) is 0 Å². The summed E-state index contributed by atoms with van der Waals surface area (Å²) in [6.45, 7) is 0.193. The molecule has 2 aromatic rings. The van der Waals surface area contributed by atoms with Gasteiger partial charge in [0.25, 0.3) is 0 Å². The topological polar surface area (TPSA) is 84.9 Å². The number of carbonyl (C=O) groups excluding carboxylic acids is 1. The molecular weight excluding hydrogens is 380 g/mol. The molecule has 7 nitrogen and oxygen atoms in total. The van der Waals surface area contributed by atoms with Crippen molar-refractivity contribution in [3.8, 4) is 11.5 Å². The Kier molecular flexibility index (Phi) is 7.69. The van der Waals surface area contributed by atoms with Gasteiger partial charge in [-0.25, -0.2) is 8.42 Å². The number of nitrogens with zero attached hydrogens (tertiary/aromatic N) is 1. The van der Waals surface area contributed by atoms with E-state index in [9.17, 15) is 13.2 Å². The number of hydrogen-bond acceptors (Lipinski definition) is 5. The molecule has 0 bridgehead atoms. The van der Waals surface area contributed by atoms with Crippen molar-refractivity contribution in [3.05, 3.63) is 54.1 Å². The van der Waals surface area contributed by atoms with Crippen LogP contribution in [0.5, 0.6) is 11.5 Å². The lowest BCUT2D eigenvalue weighted by molar-refractivity contribution is -0.119. The van der Waals surface area contributed by atoms with Gasteiger partial charge in [0.05, 0.1) is 26.2 Å². The molecule has 0 saturated carbocycles. The second-order valence-corrected chi connectivity index (χ2v) is 8.18. The van der Waals surface area contributed by atoms with Crippen LogP contribution in [0.15, 0.2) is 48.5 Å². The van der Waals surface area contributed by atoms with Gasteiger partial charge in [0.15, 0.2) is 0 Å². The molecule has 0 fully saturated rings. The molecule has 1 amide bonds. The van der Waals surface area contributed by atoms with Gasteiger partial charge >= 0.3 is 0 Å². The molecule has 0 aliphatic heterocycles. The van der Waals surface area contributed by atoms with Crippen LogP contribution >= 0.6 is 0 Å². The predicted molar refractivity (Wildman–Crippen MR) is 110 cm³/mol. The third-order valence-corrected chi connectivity index (χ3v) is 5.31. The molecule has 0 radical (unpaired) electrons. The minimum absolute atomic E-state index is 0.270. The molecule has 0 heterocycles. The maximum Gasteiger partial charge on any atom is 0.240 e. The fourth-order valence-corrected chi connectivity index (χ4v) is 3.50. The fourth-order valence-electron chi connectivity index (χ4n) is 2.65. The Morgan fingerprint density at radius 2 is 1.50 bits per heavy atom. The van der Waals surface area contributed by atoms with E-state index < -0.39 is 10.0 Å². The number of amides is 1. The van der Waals surface area contributed by atoms with Crippen molar-refractivity contribution in [2.45, 2.75) is 12.8 Å². The van der Waals surface area contributed by atoms with Crippen LogP contribution in [0, 0.1) is 0 Å². The van der Waals surface area contributed by atoms with E-state index in [4.69, 9.17) is 9.47 Å². The monoisotopic (exact) mass is 406 g/mol. The normalized spacial score (nSPS) is 11.0. The van der Waals surface area contributed by atoms with Crippen LogP contribution in [0.1, 0.15) is 12.0 Å². The summed E-state index contributed by atoms with van der Waals surface area (Å²) in [5.41, 5.74) is 1.56. The number of rotatable bonds is 10. The Balaban J connectivity index is 1.87. The number of benzene rings is 2. The molecule has 0 aromatic heterocycles. The van der Waals surface area contributed by atoms with Gasteiger partial charge in [-0.05, 0) is 54.8 Å². The second-order valence-electron chi connectivity index (χ2n) is 6.27. The van der Waals surface area contributed by atoms with Crippen LogP contribution in [-0.4, -0.2) is 47.9 Å². The molecule has 1 N–H and O–H groups in total. The van der Waals surface area contributed by atoms with E-state index in [-0.39, 0.29) is 12.5 Å². The van der Waals surface area contributed by atoms with Gasteiger partial charge in [-0.3, -0.25) is 9.10 Å². The molecule has 152 valence electrons. The van der Waals surface area contributed by atoms with Crippen molar-refractivity contribution in [1.82, 2.24) is 5.32 Å². The van der Waals surface area contributed by atoms with Crippen LogP contribution in [0.3, 0.4) is 0 Å². The first kappa shape index (κ1) is 21.6. The summed E-state index contributed by atoms with van der Waals surface area (Å²) < 4.78 is 35.5. The highest BCUT2D eigenvalue weighted by atomic mass is 32.2. The van der Waals surface area contributed by atoms with Crippen molar-refractivity contribution in [1.29, 1.82) is 0 Å². The Hall–Kier alpha value is -2.74. The number of sulfonamides is 1. The van der Waals surface area contributed by atoms with Gasteiger partial charge < -0.3 is 14.8 Å². The van der Waals surface area contributed by atoms with Crippen LogP contribution < -0.4 is 19.1 Å². The zero-order valence-corrected chi connectivity index (χ0v) is 17.2. The first-order chi connectivity index (χ1) is 13.3. The number of ether oxygens (including phenoxy) is 2. The number of methoxy groups -OCH3 is 2. The van der Waals surface area contributed by atoms with Crippen molar-refractivity contribution >= 4 is 21.6 Å². The molecule has 2 aromatic carbocycles. The summed E-state index contributed by atoms with van der Waals surface area (Å²) in [7, 11) is -0.441. The van der Waals surface area contributed by atoms with Crippen LogP contribution in [-0.2, 0) is 21.2 Å². The van der Waals surface area contributed by atoms with Crippen molar-refractivity contribution in [2.75, 3.05) is 37.9 Å². The molecule has 0 atom stereocenters. The van der Waals surface area contributed by atoms with E-state index in [1.54, 1.807) is 31.4 Å². The second kappa shape index (κ2) is 9.98. The summed E-state index contributed by atoms with van der Waals surface area (Å²) in [5.74, 6) is 1.06. The SMILES string of the molecule is COc1ccc(CCCNC(=O)CN(c2ccc(OC)cc2)S(C)(=O)=O)cc1. The Morgan fingerprint density at radius 1 is 0.964 bits per heavy atom. The van der Waals surface area contributed by atoms with Gasteiger partial charge in [-0.1, -0.05) is 12.1 Å². The Bertz CT molecular complexity index is 864. The standard InChI is InChI=1S/C20H26N2O5S/c1-26-18-10-6-16(7-11-18)5-4-14-21-20(23)15-22(28(3,24)25)17-8-12-19(27-2)13-9-17/h6-13H,4-5,14-15H2,1-3H3,(H,21,23). The summed E-state index contributed by atoms with van der Waals surface area (Å²) >= 11 is 0. The first-order valence-corrected chi connectivity index (χ1v) is 10.7. The Morgan fingerprint density at radius 3 is 2.00 bits per heavy atom. The quantitative estimate of drug-likeness (QED) is 0.612. The van der Waals surface area contributed by atoms with Gasteiger partial charge in [0.1, 0.15) is 18.0 Å². The van der Waals surface area contributed by atoms with Crippen LogP contribution in [0.4, 0.5) is 5.69 Å². The molecule has 0 aliphatic carbocycles. The highest BCUT2D eigenvalue weighted by Crippen LogP contribution is 2.21. The van der Waals surface area contributed by atoms with Crippen LogP contribution in [0.25, 0.3) is 0 Å². The van der Waals surface area contributed by atoms with Gasteiger partial charge in [0.2, 0.25) is 15.9 Å². The lowest BCUT2D eigenvalue weighted by atomic mass is 10.1. The highest BCUT2D eigenvalue weighted by Gasteiger charge is 2.20. The number of aryl methyl sites for hydroxylation is 1. The average Bonchev–Trinajstić information content (AvgIpc) is 2.69. The summed E-state index contributed by atoms with van der Waals surface area (Å²) in [6, 6.07) is 14.3. The minimum atomic E-state index is -3.59. The van der Waals surface area contributed by atoms with E-state index in [2.05, 4.69) is 5.32 Å². The number of hydrogen-bond donors (Lipinski definition) is 1. The number of nitrogens with one attached hydrogen (secondary N) is 1. The van der Waals surface area contributed by atoms with Crippen molar-refractivity contribution in [3.63, 3.8) is 0 Å². The molecule has 0 aliphatic rings.